The maximum absolute atomic E-state index is 8.98. The zero-order chi connectivity index (χ0) is 13.9. The molecule has 0 aliphatic heterocycles. The number of ether oxygens (including phenoxy) is 1. The average Bonchev–Trinajstić information content (AvgIpc) is 2.51. The highest BCUT2D eigenvalue weighted by Gasteiger charge is 2.08. The quantitative estimate of drug-likeness (QED) is 0.800. The minimum absolute atomic E-state index is 0.0429. The van der Waals surface area contributed by atoms with E-state index in [4.69, 9.17) is 21.4 Å². The molecule has 3 aromatic rings. The van der Waals surface area contributed by atoms with Gasteiger partial charge in [-0.25, -0.2) is 4.98 Å². The first-order chi connectivity index (χ1) is 9.78. The summed E-state index contributed by atoms with van der Waals surface area (Å²) >= 11 is 6.13. The summed E-state index contributed by atoms with van der Waals surface area (Å²) in [5.41, 5.74) is 1.42. The Labute approximate surface area is 120 Å². The molecule has 5 heteroatoms. The van der Waals surface area contributed by atoms with Crippen LogP contribution in [0.2, 0.25) is 5.02 Å². The van der Waals surface area contributed by atoms with Gasteiger partial charge in [0.1, 0.15) is 5.52 Å². The van der Waals surface area contributed by atoms with Crippen molar-refractivity contribution >= 4 is 22.5 Å². The van der Waals surface area contributed by atoms with Crippen molar-refractivity contribution < 1.29 is 9.84 Å². The van der Waals surface area contributed by atoms with E-state index in [0.717, 1.165) is 10.9 Å². The highest BCUT2D eigenvalue weighted by Crippen LogP contribution is 2.31. The molecule has 2 heterocycles. The number of hydrogen-bond acceptors (Lipinski definition) is 4. The van der Waals surface area contributed by atoms with Crippen LogP contribution in [0.3, 0.4) is 0 Å². The summed E-state index contributed by atoms with van der Waals surface area (Å²) in [6.07, 6.45) is 3.26. The summed E-state index contributed by atoms with van der Waals surface area (Å²) in [6, 6.07) is 10.7. The molecule has 4 nitrogen and oxygen atoms in total. The molecule has 2 aromatic heterocycles. The first-order valence-electron chi connectivity index (χ1n) is 6.05. The van der Waals surface area contributed by atoms with Gasteiger partial charge in [0.05, 0.1) is 11.6 Å². The van der Waals surface area contributed by atoms with E-state index in [9.17, 15) is 0 Å². The highest BCUT2D eigenvalue weighted by molar-refractivity contribution is 6.35. The van der Waals surface area contributed by atoms with Crippen molar-refractivity contribution in [3.63, 3.8) is 0 Å². The Balaban J connectivity index is 2.00. The van der Waals surface area contributed by atoms with Gasteiger partial charge in [-0.2, -0.15) is 0 Å². The molecular formula is C15H11ClN2O2. The Hall–Kier alpha value is -2.17. The number of nitrogens with zero attached hydrogens (tertiary/aromatic N) is 2. The monoisotopic (exact) mass is 286 g/mol. The van der Waals surface area contributed by atoms with Gasteiger partial charge in [0, 0.05) is 23.8 Å². The highest BCUT2D eigenvalue weighted by atomic mass is 35.5. The third-order valence-corrected chi connectivity index (χ3v) is 3.20. The molecule has 0 saturated heterocycles. The fourth-order valence-electron chi connectivity index (χ4n) is 1.87. The lowest BCUT2D eigenvalue weighted by molar-refractivity contribution is 0.281. The molecule has 20 heavy (non-hydrogen) atoms. The average molecular weight is 287 g/mol. The molecule has 0 radical (unpaired) electrons. The van der Waals surface area contributed by atoms with E-state index in [2.05, 4.69) is 9.97 Å². The van der Waals surface area contributed by atoms with Crippen molar-refractivity contribution in [3.8, 4) is 11.6 Å². The van der Waals surface area contributed by atoms with Gasteiger partial charge >= 0.3 is 0 Å². The van der Waals surface area contributed by atoms with E-state index in [-0.39, 0.29) is 6.61 Å². The van der Waals surface area contributed by atoms with Crippen LogP contribution in [0.15, 0.2) is 48.8 Å². The zero-order valence-corrected chi connectivity index (χ0v) is 11.2. The number of fused-ring (bicyclic) bond motifs is 1. The summed E-state index contributed by atoms with van der Waals surface area (Å²) in [6.45, 7) is -0.0429. The van der Waals surface area contributed by atoms with E-state index in [1.807, 2.05) is 12.1 Å². The second-order valence-electron chi connectivity index (χ2n) is 4.21. The Kier molecular flexibility index (Phi) is 3.50. The second kappa shape index (κ2) is 5.45. The lowest BCUT2D eigenvalue weighted by Crippen LogP contribution is -1.92. The van der Waals surface area contributed by atoms with Crippen LogP contribution in [0.4, 0.5) is 0 Å². The molecule has 0 unspecified atom stereocenters. The van der Waals surface area contributed by atoms with Crippen molar-refractivity contribution in [2.75, 3.05) is 0 Å². The summed E-state index contributed by atoms with van der Waals surface area (Å²) < 4.78 is 5.73. The number of halogens is 1. The fraction of sp³-hybridized carbons (Fsp3) is 0.0667. The van der Waals surface area contributed by atoms with Crippen molar-refractivity contribution in [1.29, 1.82) is 0 Å². The summed E-state index contributed by atoms with van der Waals surface area (Å²) in [7, 11) is 0. The van der Waals surface area contributed by atoms with Gasteiger partial charge in [0.2, 0.25) is 5.88 Å². The number of rotatable bonds is 3. The Morgan fingerprint density at radius 2 is 2.00 bits per heavy atom. The molecule has 0 aliphatic rings. The molecule has 0 fully saturated rings. The predicted octanol–water partition coefficient (Wildman–Crippen LogP) is 3.57. The SMILES string of the molecule is OCc1ccc(Oc2ccc(Cl)c3cccnc23)nc1. The Morgan fingerprint density at radius 1 is 1.10 bits per heavy atom. The standard InChI is InChI=1S/C15H11ClN2O2/c16-12-4-5-13(15-11(12)2-1-7-17-15)20-14-6-3-10(9-19)8-18-14/h1-8,19H,9H2. The number of aliphatic hydroxyl groups excluding tert-OH is 1. The number of aromatic nitrogens is 2. The summed E-state index contributed by atoms with van der Waals surface area (Å²) in [5.74, 6) is 1.03. The van der Waals surface area contributed by atoms with E-state index < -0.39 is 0 Å². The smallest absolute Gasteiger partial charge is 0.219 e. The molecule has 0 aliphatic carbocycles. The minimum atomic E-state index is -0.0429. The summed E-state index contributed by atoms with van der Waals surface area (Å²) in [5, 5.41) is 10.4. The van der Waals surface area contributed by atoms with Gasteiger partial charge in [-0.05, 0) is 35.9 Å². The molecule has 0 saturated carbocycles. The van der Waals surface area contributed by atoms with Crippen molar-refractivity contribution in [2.45, 2.75) is 6.61 Å². The zero-order valence-electron chi connectivity index (χ0n) is 10.5. The van der Waals surface area contributed by atoms with E-state index in [1.54, 1.807) is 36.7 Å². The molecule has 0 atom stereocenters. The van der Waals surface area contributed by atoms with E-state index in [0.29, 0.717) is 22.2 Å². The lowest BCUT2D eigenvalue weighted by atomic mass is 10.2. The molecule has 1 aromatic carbocycles. The van der Waals surface area contributed by atoms with Crippen LogP contribution in [0.5, 0.6) is 11.6 Å². The van der Waals surface area contributed by atoms with Crippen LogP contribution < -0.4 is 4.74 Å². The summed E-state index contributed by atoms with van der Waals surface area (Å²) in [4.78, 5) is 8.43. The van der Waals surface area contributed by atoms with Crippen LogP contribution in [-0.2, 0) is 6.61 Å². The first-order valence-corrected chi connectivity index (χ1v) is 6.42. The molecular weight excluding hydrogens is 276 g/mol. The maximum Gasteiger partial charge on any atom is 0.219 e. The minimum Gasteiger partial charge on any atom is -0.437 e. The van der Waals surface area contributed by atoms with Crippen LogP contribution >= 0.6 is 11.6 Å². The number of pyridine rings is 2. The number of benzene rings is 1. The fourth-order valence-corrected chi connectivity index (χ4v) is 2.09. The van der Waals surface area contributed by atoms with Crippen molar-refractivity contribution in [2.24, 2.45) is 0 Å². The molecule has 1 N–H and O–H groups in total. The van der Waals surface area contributed by atoms with Gasteiger partial charge in [0.25, 0.3) is 0 Å². The molecule has 0 amide bonds. The Bertz CT molecular complexity index is 744. The van der Waals surface area contributed by atoms with Crippen LogP contribution in [-0.4, -0.2) is 15.1 Å². The van der Waals surface area contributed by atoms with E-state index in [1.165, 1.54) is 0 Å². The van der Waals surface area contributed by atoms with Crippen molar-refractivity contribution in [3.05, 3.63) is 59.4 Å². The normalized spacial score (nSPS) is 10.7. The second-order valence-corrected chi connectivity index (χ2v) is 4.62. The number of aliphatic hydroxyl groups is 1. The van der Waals surface area contributed by atoms with Crippen LogP contribution in [0.1, 0.15) is 5.56 Å². The lowest BCUT2D eigenvalue weighted by Gasteiger charge is -2.08. The van der Waals surface area contributed by atoms with Gasteiger partial charge in [0.15, 0.2) is 5.75 Å². The van der Waals surface area contributed by atoms with Gasteiger partial charge < -0.3 is 9.84 Å². The van der Waals surface area contributed by atoms with Gasteiger partial charge in [-0.3, -0.25) is 4.98 Å². The van der Waals surface area contributed by atoms with Gasteiger partial charge in [-0.15, -0.1) is 0 Å². The largest absolute Gasteiger partial charge is 0.437 e. The third kappa shape index (κ3) is 2.43. The maximum atomic E-state index is 8.98. The molecule has 3 rings (SSSR count). The Morgan fingerprint density at radius 3 is 2.75 bits per heavy atom. The molecule has 0 spiro atoms. The predicted molar refractivity (Wildman–Crippen MR) is 77.0 cm³/mol. The number of hydrogen-bond donors (Lipinski definition) is 1. The van der Waals surface area contributed by atoms with Crippen LogP contribution in [0.25, 0.3) is 10.9 Å². The van der Waals surface area contributed by atoms with Crippen LogP contribution in [0, 0.1) is 0 Å². The topological polar surface area (TPSA) is 55.2 Å². The molecule has 100 valence electrons. The first kappa shape index (κ1) is 12.8. The van der Waals surface area contributed by atoms with Crippen molar-refractivity contribution in [1.82, 2.24) is 9.97 Å². The molecule has 0 bridgehead atoms. The van der Waals surface area contributed by atoms with E-state index >= 15 is 0 Å². The third-order valence-electron chi connectivity index (χ3n) is 2.87. The van der Waals surface area contributed by atoms with Gasteiger partial charge in [-0.1, -0.05) is 11.6 Å².